The lowest BCUT2D eigenvalue weighted by atomic mass is 10.1. The number of nitrogens with two attached hydrogens (primary N) is 1. The van der Waals surface area contributed by atoms with Crippen molar-refractivity contribution in [3.63, 3.8) is 0 Å². The van der Waals surface area contributed by atoms with Gasteiger partial charge in [-0.15, -0.1) is 0 Å². The van der Waals surface area contributed by atoms with Gasteiger partial charge in [0, 0.05) is 31.6 Å². The molecule has 1 atom stereocenters. The highest BCUT2D eigenvalue weighted by molar-refractivity contribution is 6.01. The summed E-state index contributed by atoms with van der Waals surface area (Å²) in [4.78, 5) is 40.8. The summed E-state index contributed by atoms with van der Waals surface area (Å²) < 4.78 is 5.31. The van der Waals surface area contributed by atoms with Crippen molar-refractivity contribution in [1.82, 2.24) is 4.90 Å². The average Bonchev–Trinajstić information content (AvgIpc) is 3.39. The molecular weight excluding hydrogens is 384 g/mol. The van der Waals surface area contributed by atoms with Crippen LogP contribution in [0, 0.1) is 5.92 Å². The maximum atomic E-state index is 13.0. The number of carbonyl (C=O) groups excluding carboxylic acids is 3. The largest absolute Gasteiger partial charge is 0.467 e. The summed E-state index contributed by atoms with van der Waals surface area (Å²) >= 11 is 0. The van der Waals surface area contributed by atoms with Crippen molar-refractivity contribution in [2.24, 2.45) is 11.7 Å². The van der Waals surface area contributed by atoms with Gasteiger partial charge in [-0.3, -0.25) is 14.4 Å². The Kier molecular flexibility index (Phi) is 5.74. The Hall–Kier alpha value is -3.29. The topological polar surface area (TPSA) is 109 Å². The van der Waals surface area contributed by atoms with Gasteiger partial charge >= 0.3 is 0 Å². The number of furan rings is 1. The van der Waals surface area contributed by atoms with Gasteiger partial charge < -0.3 is 25.3 Å². The van der Waals surface area contributed by atoms with Crippen molar-refractivity contribution >= 4 is 29.1 Å². The molecule has 1 aromatic heterocycles. The van der Waals surface area contributed by atoms with Gasteiger partial charge in [0.25, 0.3) is 0 Å². The van der Waals surface area contributed by atoms with Crippen molar-refractivity contribution in [1.29, 1.82) is 0 Å². The van der Waals surface area contributed by atoms with E-state index in [0.29, 0.717) is 30.1 Å². The second-order valence-corrected chi connectivity index (χ2v) is 7.89. The van der Waals surface area contributed by atoms with E-state index in [4.69, 9.17) is 10.2 Å². The first kappa shape index (κ1) is 20.0. The molecule has 2 fully saturated rings. The van der Waals surface area contributed by atoms with Crippen LogP contribution in [0.5, 0.6) is 0 Å². The molecule has 2 aromatic rings. The maximum Gasteiger partial charge on any atom is 0.248 e. The Labute approximate surface area is 175 Å². The molecular formula is C22H26N4O4. The molecule has 8 nitrogen and oxygen atoms in total. The third-order valence-electron chi connectivity index (χ3n) is 5.75. The molecule has 2 saturated heterocycles. The Morgan fingerprint density at radius 1 is 1.17 bits per heavy atom. The molecule has 0 spiro atoms. The van der Waals surface area contributed by atoms with Gasteiger partial charge in [-0.2, -0.15) is 0 Å². The van der Waals surface area contributed by atoms with Crippen LogP contribution in [0.2, 0.25) is 0 Å². The van der Waals surface area contributed by atoms with Crippen LogP contribution in [-0.4, -0.2) is 42.3 Å². The lowest BCUT2D eigenvalue weighted by Crippen LogP contribution is -2.32. The smallest absolute Gasteiger partial charge is 0.248 e. The third-order valence-corrected chi connectivity index (χ3v) is 5.75. The average molecular weight is 410 g/mol. The van der Waals surface area contributed by atoms with Crippen molar-refractivity contribution in [3.8, 4) is 0 Å². The number of carbonyl (C=O) groups is 3. The van der Waals surface area contributed by atoms with Gasteiger partial charge in [-0.05, 0) is 49.6 Å². The number of rotatable bonds is 6. The number of piperidine rings is 1. The van der Waals surface area contributed by atoms with Gasteiger partial charge in [0.1, 0.15) is 5.76 Å². The molecule has 2 aliphatic rings. The highest BCUT2D eigenvalue weighted by atomic mass is 16.3. The van der Waals surface area contributed by atoms with E-state index in [0.717, 1.165) is 31.6 Å². The summed E-state index contributed by atoms with van der Waals surface area (Å²) in [6.45, 7) is 2.49. The SMILES string of the molecule is NC(=O)c1ccc(N2CCCCC2)c(NC(=O)[C@H]2CC(=O)N(Cc3ccco3)C2)c1. The number of hydrogen-bond donors (Lipinski definition) is 2. The summed E-state index contributed by atoms with van der Waals surface area (Å²) in [5.41, 5.74) is 7.22. The molecule has 30 heavy (non-hydrogen) atoms. The molecule has 0 aliphatic carbocycles. The first-order chi connectivity index (χ1) is 14.5. The fourth-order valence-corrected chi connectivity index (χ4v) is 4.13. The lowest BCUT2D eigenvalue weighted by Gasteiger charge is -2.31. The van der Waals surface area contributed by atoms with E-state index in [1.165, 1.54) is 6.42 Å². The van der Waals surface area contributed by atoms with Gasteiger partial charge in [0.05, 0.1) is 30.1 Å². The number of nitrogens with one attached hydrogen (secondary N) is 1. The Bertz CT molecular complexity index is 935. The zero-order chi connectivity index (χ0) is 21.1. The van der Waals surface area contributed by atoms with E-state index < -0.39 is 11.8 Å². The highest BCUT2D eigenvalue weighted by Crippen LogP contribution is 2.31. The monoisotopic (exact) mass is 410 g/mol. The summed E-state index contributed by atoms with van der Waals surface area (Å²) in [7, 11) is 0. The minimum atomic E-state index is -0.545. The number of anilines is 2. The second kappa shape index (κ2) is 8.61. The van der Waals surface area contributed by atoms with Crippen LogP contribution in [0.4, 0.5) is 11.4 Å². The predicted octanol–water partition coefficient (Wildman–Crippen LogP) is 2.36. The van der Waals surface area contributed by atoms with Crippen LogP contribution in [0.25, 0.3) is 0 Å². The van der Waals surface area contributed by atoms with Crippen molar-refractivity contribution in [2.75, 3.05) is 29.9 Å². The second-order valence-electron chi connectivity index (χ2n) is 7.89. The quantitative estimate of drug-likeness (QED) is 0.760. The molecule has 0 saturated carbocycles. The standard InChI is InChI=1S/C22H26N4O4/c23-21(28)15-6-7-19(25-8-2-1-3-9-25)18(11-15)24-22(29)16-12-20(27)26(13-16)14-17-5-4-10-30-17/h4-7,10-11,16H,1-3,8-9,12-14H2,(H2,23,28)(H,24,29)/t16-/m0/s1. The minimum absolute atomic E-state index is 0.0753. The first-order valence-electron chi connectivity index (χ1n) is 10.3. The molecule has 158 valence electrons. The summed E-state index contributed by atoms with van der Waals surface area (Å²) in [5.74, 6) is -0.625. The molecule has 0 radical (unpaired) electrons. The predicted molar refractivity (Wildman–Crippen MR) is 112 cm³/mol. The Morgan fingerprint density at radius 2 is 1.97 bits per heavy atom. The minimum Gasteiger partial charge on any atom is -0.467 e. The number of benzene rings is 1. The van der Waals surface area contributed by atoms with Crippen molar-refractivity contribution in [3.05, 3.63) is 47.9 Å². The number of primary amides is 1. The van der Waals surface area contributed by atoms with Gasteiger partial charge in [0.15, 0.2) is 0 Å². The molecule has 2 aliphatic heterocycles. The van der Waals surface area contributed by atoms with E-state index in [1.54, 1.807) is 35.4 Å². The van der Waals surface area contributed by atoms with E-state index >= 15 is 0 Å². The molecule has 3 N–H and O–H groups in total. The van der Waals surface area contributed by atoms with E-state index in [1.807, 2.05) is 6.07 Å². The molecule has 3 amide bonds. The zero-order valence-electron chi connectivity index (χ0n) is 16.8. The van der Waals surface area contributed by atoms with E-state index in [9.17, 15) is 14.4 Å². The normalized spacial score (nSPS) is 19.2. The molecule has 3 heterocycles. The van der Waals surface area contributed by atoms with Crippen LogP contribution in [0.1, 0.15) is 41.8 Å². The van der Waals surface area contributed by atoms with Crippen molar-refractivity contribution in [2.45, 2.75) is 32.2 Å². The summed E-state index contributed by atoms with van der Waals surface area (Å²) in [6, 6.07) is 8.73. The molecule has 0 bridgehead atoms. The maximum absolute atomic E-state index is 13.0. The number of hydrogen-bond acceptors (Lipinski definition) is 5. The zero-order valence-corrected chi connectivity index (χ0v) is 16.8. The van der Waals surface area contributed by atoms with Crippen LogP contribution in [0.3, 0.4) is 0 Å². The Balaban J connectivity index is 1.49. The lowest BCUT2D eigenvalue weighted by molar-refractivity contribution is -0.128. The van der Waals surface area contributed by atoms with Crippen LogP contribution in [-0.2, 0) is 16.1 Å². The van der Waals surface area contributed by atoms with Gasteiger partial charge in [-0.25, -0.2) is 0 Å². The van der Waals surface area contributed by atoms with Gasteiger partial charge in [0.2, 0.25) is 17.7 Å². The molecule has 8 heteroatoms. The molecule has 4 rings (SSSR count). The van der Waals surface area contributed by atoms with Crippen LogP contribution in [0.15, 0.2) is 41.0 Å². The van der Waals surface area contributed by atoms with E-state index in [2.05, 4.69) is 10.2 Å². The Morgan fingerprint density at radius 3 is 2.67 bits per heavy atom. The number of nitrogens with zero attached hydrogens (tertiary/aromatic N) is 2. The van der Waals surface area contributed by atoms with Crippen LogP contribution < -0.4 is 16.0 Å². The molecule has 1 aromatic carbocycles. The third kappa shape index (κ3) is 4.32. The first-order valence-corrected chi connectivity index (χ1v) is 10.3. The van der Waals surface area contributed by atoms with Gasteiger partial charge in [-0.1, -0.05) is 0 Å². The molecule has 0 unspecified atom stereocenters. The highest BCUT2D eigenvalue weighted by Gasteiger charge is 2.35. The number of likely N-dealkylation sites (tertiary alicyclic amines) is 1. The van der Waals surface area contributed by atoms with Crippen molar-refractivity contribution < 1.29 is 18.8 Å². The fraction of sp³-hybridized carbons (Fsp3) is 0.409. The van der Waals surface area contributed by atoms with E-state index in [-0.39, 0.29) is 18.2 Å². The fourth-order valence-electron chi connectivity index (χ4n) is 4.13. The van der Waals surface area contributed by atoms with Crippen LogP contribution >= 0.6 is 0 Å². The summed E-state index contributed by atoms with van der Waals surface area (Å²) in [5, 5.41) is 2.95. The summed E-state index contributed by atoms with van der Waals surface area (Å²) in [6.07, 6.45) is 5.08. The number of amides is 3.